The van der Waals surface area contributed by atoms with Crippen LogP contribution in [0, 0.1) is 11.6 Å². The molecular formula is C31H31F2N3O4. The molecule has 9 heteroatoms. The van der Waals surface area contributed by atoms with Crippen LogP contribution in [0.25, 0.3) is 10.9 Å². The van der Waals surface area contributed by atoms with E-state index < -0.39 is 17.7 Å². The SMILES string of the molecule is COc1cc2c(cc1OC)C(Cc1ccc(F)c(F)c1)N(CCCOC(=O)Nc1ccnc3ccccc13)CC2. The van der Waals surface area contributed by atoms with Gasteiger partial charge in [-0.05, 0) is 72.4 Å². The quantitative estimate of drug-likeness (QED) is 0.248. The van der Waals surface area contributed by atoms with Crippen LogP contribution < -0.4 is 14.8 Å². The lowest BCUT2D eigenvalue weighted by molar-refractivity contribution is 0.137. The van der Waals surface area contributed by atoms with Crippen molar-refractivity contribution in [2.24, 2.45) is 0 Å². The van der Waals surface area contributed by atoms with E-state index in [1.54, 1.807) is 32.5 Å². The Labute approximate surface area is 231 Å². The van der Waals surface area contributed by atoms with Gasteiger partial charge in [-0.1, -0.05) is 24.3 Å². The Bertz CT molecular complexity index is 1510. The lowest BCUT2D eigenvalue weighted by Crippen LogP contribution is -2.38. The number of anilines is 1. The summed E-state index contributed by atoms with van der Waals surface area (Å²) in [6.45, 7) is 1.63. The minimum Gasteiger partial charge on any atom is -0.493 e. The van der Waals surface area contributed by atoms with Gasteiger partial charge in [0.2, 0.25) is 0 Å². The Kier molecular flexibility index (Phi) is 8.40. The first kappa shape index (κ1) is 27.3. The van der Waals surface area contributed by atoms with Crippen molar-refractivity contribution >= 4 is 22.7 Å². The maximum atomic E-state index is 14.0. The number of halogens is 2. The Morgan fingerprint density at radius 1 is 1.02 bits per heavy atom. The molecule has 0 saturated heterocycles. The maximum Gasteiger partial charge on any atom is 0.411 e. The molecule has 1 amide bonds. The van der Waals surface area contributed by atoms with Gasteiger partial charge in [0.1, 0.15) is 0 Å². The third-order valence-electron chi connectivity index (χ3n) is 7.24. The van der Waals surface area contributed by atoms with Crippen molar-refractivity contribution in [1.82, 2.24) is 9.88 Å². The minimum atomic E-state index is -0.869. The normalized spacial score (nSPS) is 14.9. The third-order valence-corrected chi connectivity index (χ3v) is 7.24. The summed E-state index contributed by atoms with van der Waals surface area (Å²) in [7, 11) is 3.19. The van der Waals surface area contributed by atoms with E-state index in [4.69, 9.17) is 14.2 Å². The number of carbonyl (C=O) groups is 1. The summed E-state index contributed by atoms with van der Waals surface area (Å²) in [6.07, 6.45) is 2.98. The van der Waals surface area contributed by atoms with E-state index in [1.807, 2.05) is 36.4 Å². The van der Waals surface area contributed by atoms with E-state index in [-0.39, 0.29) is 12.6 Å². The molecule has 4 aromatic rings. The number of benzene rings is 3. The molecule has 1 aromatic heterocycles. The Balaban J connectivity index is 1.27. The van der Waals surface area contributed by atoms with Crippen molar-refractivity contribution in [3.63, 3.8) is 0 Å². The third kappa shape index (κ3) is 5.99. The maximum absolute atomic E-state index is 14.0. The summed E-state index contributed by atoms with van der Waals surface area (Å²) in [4.78, 5) is 19.1. The molecule has 2 heterocycles. The van der Waals surface area contributed by atoms with E-state index in [0.717, 1.165) is 41.1 Å². The predicted octanol–water partition coefficient (Wildman–Crippen LogP) is 6.31. The number of ether oxygens (including phenoxy) is 3. The highest BCUT2D eigenvalue weighted by Gasteiger charge is 2.29. The molecule has 3 aromatic carbocycles. The Hall–Kier alpha value is -4.24. The smallest absolute Gasteiger partial charge is 0.411 e. The average Bonchev–Trinajstić information content (AvgIpc) is 2.97. The number of amides is 1. The zero-order valence-corrected chi connectivity index (χ0v) is 22.5. The molecule has 5 rings (SSSR count). The standard InChI is InChI=1S/C31H31F2N3O4/c1-38-29-18-21-11-14-36(28(23(21)19-30(29)39-2)17-20-8-9-24(32)25(33)16-20)13-5-15-40-31(37)35-27-10-12-34-26-7-4-3-6-22(26)27/h3-4,6-10,12,16,18-19,28H,5,11,13-15,17H2,1-2H3,(H,34,35,37). The molecule has 0 radical (unpaired) electrons. The summed E-state index contributed by atoms with van der Waals surface area (Å²) < 4.78 is 44.1. The number of aromatic nitrogens is 1. The lowest BCUT2D eigenvalue weighted by Gasteiger charge is -2.38. The van der Waals surface area contributed by atoms with E-state index in [0.29, 0.717) is 42.1 Å². The van der Waals surface area contributed by atoms with Crippen LogP contribution in [-0.4, -0.2) is 49.9 Å². The van der Waals surface area contributed by atoms with Gasteiger partial charge in [0.15, 0.2) is 23.1 Å². The molecular weight excluding hydrogens is 516 g/mol. The molecule has 40 heavy (non-hydrogen) atoms. The topological polar surface area (TPSA) is 72.9 Å². The summed E-state index contributed by atoms with van der Waals surface area (Å²) in [5.74, 6) is -0.468. The van der Waals surface area contributed by atoms with Crippen molar-refractivity contribution in [1.29, 1.82) is 0 Å². The first-order valence-electron chi connectivity index (χ1n) is 13.2. The molecule has 0 bridgehead atoms. The fourth-order valence-electron chi connectivity index (χ4n) is 5.26. The molecule has 1 N–H and O–H groups in total. The van der Waals surface area contributed by atoms with Gasteiger partial charge < -0.3 is 14.2 Å². The van der Waals surface area contributed by atoms with E-state index in [9.17, 15) is 13.6 Å². The van der Waals surface area contributed by atoms with Crippen LogP contribution in [0.5, 0.6) is 11.5 Å². The zero-order chi connectivity index (χ0) is 28.1. The van der Waals surface area contributed by atoms with Gasteiger partial charge in [-0.3, -0.25) is 15.2 Å². The second kappa shape index (κ2) is 12.3. The van der Waals surface area contributed by atoms with Gasteiger partial charge in [-0.15, -0.1) is 0 Å². The number of rotatable bonds is 9. The lowest BCUT2D eigenvalue weighted by atomic mass is 9.88. The molecule has 0 aliphatic carbocycles. The first-order chi connectivity index (χ1) is 19.5. The van der Waals surface area contributed by atoms with Gasteiger partial charge >= 0.3 is 6.09 Å². The average molecular weight is 548 g/mol. The highest BCUT2D eigenvalue weighted by Crippen LogP contribution is 2.39. The number of pyridine rings is 1. The van der Waals surface area contributed by atoms with Crippen molar-refractivity contribution in [3.8, 4) is 11.5 Å². The summed E-state index contributed by atoms with van der Waals surface area (Å²) >= 11 is 0. The molecule has 1 aliphatic heterocycles. The molecule has 0 spiro atoms. The van der Waals surface area contributed by atoms with Gasteiger partial charge in [-0.2, -0.15) is 0 Å². The van der Waals surface area contributed by atoms with Gasteiger partial charge in [-0.25, -0.2) is 13.6 Å². The van der Waals surface area contributed by atoms with Gasteiger partial charge in [0, 0.05) is 30.7 Å². The first-order valence-corrected chi connectivity index (χ1v) is 13.2. The van der Waals surface area contributed by atoms with E-state index in [1.165, 1.54) is 6.07 Å². The highest BCUT2D eigenvalue weighted by atomic mass is 19.2. The van der Waals surface area contributed by atoms with Crippen LogP contribution in [0.1, 0.15) is 29.2 Å². The number of carbonyl (C=O) groups excluding carboxylic acids is 1. The number of hydrogen-bond acceptors (Lipinski definition) is 6. The van der Waals surface area contributed by atoms with Crippen LogP contribution in [0.15, 0.2) is 66.9 Å². The number of methoxy groups -OCH3 is 2. The largest absolute Gasteiger partial charge is 0.493 e. The predicted molar refractivity (Wildman–Crippen MR) is 149 cm³/mol. The van der Waals surface area contributed by atoms with Crippen molar-refractivity contribution in [3.05, 3.63) is 95.2 Å². The van der Waals surface area contributed by atoms with Crippen molar-refractivity contribution < 1.29 is 27.8 Å². The van der Waals surface area contributed by atoms with Crippen LogP contribution in [0.2, 0.25) is 0 Å². The number of para-hydroxylation sites is 1. The van der Waals surface area contributed by atoms with Crippen molar-refractivity contribution in [2.75, 3.05) is 39.2 Å². The Morgan fingerprint density at radius 2 is 1.82 bits per heavy atom. The number of hydrogen-bond donors (Lipinski definition) is 1. The second-order valence-corrected chi connectivity index (χ2v) is 9.65. The molecule has 0 fully saturated rings. The highest BCUT2D eigenvalue weighted by molar-refractivity contribution is 5.98. The van der Waals surface area contributed by atoms with E-state index >= 15 is 0 Å². The van der Waals surface area contributed by atoms with Crippen LogP contribution in [0.3, 0.4) is 0 Å². The van der Waals surface area contributed by atoms with Gasteiger partial charge in [0.05, 0.1) is 32.0 Å². The number of fused-ring (bicyclic) bond motifs is 2. The summed E-state index contributed by atoms with van der Waals surface area (Å²) in [6, 6.07) is 17.2. The minimum absolute atomic E-state index is 0.106. The zero-order valence-electron chi connectivity index (χ0n) is 22.5. The summed E-state index contributed by atoms with van der Waals surface area (Å²) in [5, 5.41) is 3.64. The van der Waals surface area contributed by atoms with Crippen LogP contribution in [0.4, 0.5) is 19.3 Å². The fourth-order valence-corrected chi connectivity index (χ4v) is 5.26. The molecule has 0 saturated carbocycles. The number of nitrogens with one attached hydrogen (secondary N) is 1. The Morgan fingerprint density at radius 3 is 2.62 bits per heavy atom. The molecule has 7 nitrogen and oxygen atoms in total. The second-order valence-electron chi connectivity index (χ2n) is 9.65. The van der Waals surface area contributed by atoms with Crippen molar-refractivity contribution in [2.45, 2.75) is 25.3 Å². The van der Waals surface area contributed by atoms with Gasteiger partial charge in [0.25, 0.3) is 0 Å². The number of nitrogens with zero attached hydrogens (tertiary/aromatic N) is 2. The monoisotopic (exact) mass is 547 g/mol. The van der Waals surface area contributed by atoms with Crippen LogP contribution in [-0.2, 0) is 17.6 Å². The molecule has 1 unspecified atom stereocenters. The molecule has 1 aliphatic rings. The van der Waals surface area contributed by atoms with Crippen LogP contribution >= 0.6 is 0 Å². The van der Waals surface area contributed by atoms with E-state index in [2.05, 4.69) is 15.2 Å². The molecule has 208 valence electrons. The summed E-state index contributed by atoms with van der Waals surface area (Å²) in [5.41, 5.74) is 4.29. The molecule has 1 atom stereocenters. The fraction of sp³-hybridized carbons (Fsp3) is 0.290.